The smallest absolute Gasteiger partial charge is 0.0687 e. The molecule has 0 atom stereocenters. The Labute approximate surface area is 171 Å². The molecule has 0 heterocycles. The molecule has 0 radical (unpaired) electrons. The van der Waals surface area contributed by atoms with Crippen LogP contribution in [-0.4, -0.2) is 5.11 Å². The van der Waals surface area contributed by atoms with Gasteiger partial charge in [-0.1, -0.05) is 60.2 Å². The first-order chi connectivity index (χ1) is 10.2. The molecule has 24 heavy (non-hydrogen) atoms. The molecule has 3 rings (SSSR count). The second-order valence-corrected chi connectivity index (χ2v) is 5.69. The van der Waals surface area contributed by atoms with Gasteiger partial charge in [0.2, 0.25) is 0 Å². The predicted octanol–water partition coefficient (Wildman–Crippen LogP) is 5.81. The van der Waals surface area contributed by atoms with E-state index < -0.39 is 0 Å². The molecule has 1 N–H and O–H groups in total. The summed E-state index contributed by atoms with van der Waals surface area (Å²) in [5, 5.41) is 9.61. The number of benzene rings is 2. The van der Waals surface area contributed by atoms with Gasteiger partial charge in [0.25, 0.3) is 0 Å². The van der Waals surface area contributed by atoms with Crippen LogP contribution in [0.3, 0.4) is 0 Å². The normalized spacial score (nSPS) is 12.7. The maximum atomic E-state index is 9.61. The molecule has 1 nitrogen and oxygen atoms in total. The van der Waals surface area contributed by atoms with Gasteiger partial charge in [-0.2, -0.15) is 0 Å². The van der Waals surface area contributed by atoms with E-state index >= 15 is 0 Å². The van der Waals surface area contributed by atoms with Crippen molar-refractivity contribution in [3.63, 3.8) is 0 Å². The number of hydrogen-bond donors (Lipinski definition) is 1. The molecule has 126 valence electrons. The fourth-order valence-electron chi connectivity index (χ4n) is 3.14. The molecule has 1 aliphatic carbocycles. The monoisotopic (exact) mass is 396 g/mol. The molecule has 0 unspecified atom stereocenters. The molecule has 0 aliphatic heterocycles. The average Bonchev–Trinajstić information content (AvgIpc) is 2.85. The number of aliphatic hydroxyl groups excluding tert-OH is 1. The molecular formula is C20H22Cl2OTi. The molecule has 0 spiro atoms. The zero-order valence-corrected chi connectivity index (χ0v) is 17.1. The van der Waals surface area contributed by atoms with Crippen LogP contribution in [0.4, 0.5) is 0 Å². The second-order valence-electron chi connectivity index (χ2n) is 5.69. The van der Waals surface area contributed by atoms with Crippen LogP contribution in [0.5, 0.6) is 0 Å². The summed E-state index contributed by atoms with van der Waals surface area (Å²) in [6, 6.07) is 16.6. The van der Waals surface area contributed by atoms with Gasteiger partial charge in [-0.25, -0.2) is 0 Å². The van der Waals surface area contributed by atoms with E-state index in [0.717, 1.165) is 17.5 Å². The van der Waals surface area contributed by atoms with Crippen LogP contribution in [0.25, 0.3) is 16.7 Å². The van der Waals surface area contributed by atoms with Crippen LogP contribution in [0.2, 0.25) is 0 Å². The molecule has 0 amide bonds. The van der Waals surface area contributed by atoms with Crippen LogP contribution in [0.1, 0.15) is 31.4 Å². The van der Waals surface area contributed by atoms with Gasteiger partial charge in [-0.05, 0) is 53.7 Å². The van der Waals surface area contributed by atoms with E-state index in [1.807, 2.05) is 18.2 Å². The van der Waals surface area contributed by atoms with E-state index in [-0.39, 0.29) is 53.1 Å². The molecule has 0 aromatic heterocycles. The SMILES string of the molecule is CC1=CC(C)=C(c2ccccc2-c2ccccc2CO)C1.Cl.Cl.[Ti]. The van der Waals surface area contributed by atoms with Crippen molar-refractivity contribution in [1.29, 1.82) is 0 Å². The van der Waals surface area contributed by atoms with Crippen molar-refractivity contribution in [2.45, 2.75) is 26.9 Å². The summed E-state index contributed by atoms with van der Waals surface area (Å²) >= 11 is 0. The third-order valence-corrected chi connectivity index (χ3v) is 4.12. The Morgan fingerprint density at radius 1 is 0.833 bits per heavy atom. The predicted molar refractivity (Wildman–Crippen MR) is 103 cm³/mol. The van der Waals surface area contributed by atoms with Gasteiger partial charge in [-0.15, -0.1) is 24.8 Å². The summed E-state index contributed by atoms with van der Waals surface area (Å²) in [6.07, 6.45) is 3.29. The average molecular weight is 397 g/mol. The minimum atomic E-state index is 0. The van der Waals surface area contributed by atoms with Crippen LogP contribution >= 0.6 is 24.8 Å². The molecule has 0 saturated heterocycles. The van der Waals surface area contributed by atoms with Crippen LogP contribution in [0, 0.1) is 0 Å². The van der Waals surface area contributed by atoms with Crippen molar-refractivity contribution < 1.29 is 26.8 Å². The third kappa shape index (κ3) is 4.62. The summed E-state index contributed by atoms with van der Waals surface area (Å²) in [5.41, 5.74) is 8.75. The van der Waals surface area contributed by atoms with Gasteiger partial charge in [0.15, 0.2) is 0 Å². The Morgan fingerprint density at radius 2 is 1.38 bits per heavy atom. The molecule has 2 aromatic carbocycles. The first-order valence-electron chi connectivity index (χ1n) is 7.36. The zero-order valence-electron chi connectivity index (χ0n) is 13.9. The van der Waals surface area contributed by atoms with Crippen LogP contribution in [0.15, 0.2) is 65.8 Å². The fraction of sp³-hybridized carbons (Fsp3) is 0.200. The molecule has 1 aliphatic rings. The Balaban J connectivity index is 0.00000176. The van der Waals surface area contributed by atoms with Crippen LogP contribution < -0.4 is 0 Å². The largest absolute Gasteiger partial charge is 0.392 e. The maximum absolute atomic E-state index is 9.61. The molecule has 4 heteroatoms. The van der Waals surface area contributed by atoms with E-state index in [9.17, 15) is 5.11 Å². The number of halogens is 2. The standard InChI is InChI=1S/C20H20O.2ClH.Ti/c1-14-11-15(2)20(12-14)19-10-6-5-9-18(19)17-8-4-3-7-16(17)13-21;;;/h3-11,21H,12-13H2,1-2H3;2*1H;. The summed E-state index contributed by atoms with van der Waals surface area (Å²) < 4.78 is 0. The fourth-order valence-corrected chi connectivity index (χ4v) is 3.14. The number of allylic oxidation sites excluding steroid dienone is 4. The van der Waals surface area contributed by atoms with Crippen LogP contribution in [-0.2, 0) is 28.3 Å². The first kappa shape index (κ1) is 23.2. The van der Waals surface area contributed by atoms with Gasteiger partial charge >= 0.3 is 0 Å². The summed E-state index contributed by atoms with van der Waals surface area (Å²) in [5.74, 6) is 0. The van der Waals surface area contributed by atoms with E-state index in [1.54, 1.807) is 0 Å². The maximum Gasteiger partial charge on any atom is 0.0687 e. The Bertz CT molecular complexity index is 751. The Morgan fingerprint density at radius 3 is 1.92 bits per heavy atom. The van der Waals surface area contributed by atoms with E-state index in [0.29, 0.717) is 0 Å². The van der Waals surface area contributed by atoms with Gasteiger partial charge < -0.3 is 5.11 Å². The van der Waals surface area contributed by atoms with Gasteiger partial charge in [0.1, 0.15) is 0 Å². The van der Waals surface area contributed by atoms with Gasteiger partial charge in [0, 0.05) is 21.7 Å². The van der Waals surface area contributed by atoms with Crippen molar-refractivity contribution in [2.75, 3.05) is 0 Å². The molecule has 0 bridgehead atoms. The van der Waals surface area contributed by atoms with Crippen molar-refractivity contribution in [2.24, 2.45) is 0 Å². The molecule has 0 saturated carbocycles. The summed E-state index contributed by atoms with van der Waals surface area (Å²) in [7, 11) is 0. The van der Waals surface area contributed by atoms with Gasteiger partial charge in [0.05, 0.1) is 6.61 Å². The van der Waals surface area contributed by atoms with Crippen molar-refractivity contribution in [3.8, 4) is 11.1 Å². The topological polar surface area (TPSA) is 20.2 Å². The molecule has 2 aromatic rings. The Hall–Kier alpha value is -0.826. The minimum Gasteiger partial charge on any atom is -0.392 e. The Kier molecular flexibility index (Phi) is 9.88. The van der Waals surface area contributed by atoms with Crippen molar-refractivity contribution >= 4 is 30.4 Å². The van der Waals surface area contributed by atoms with E-state index in [2.05, 4.69) is 50.3 Å². The first-order valence-corrected chi connectivity index (χ1v) is 7.36. The molecule has 0 fully saturated rings. The molecular weight excluding hydrogens is 375 g/mol. The van der Waals surface area contributed by atoms with Crippen molar-refractivity contribution in [1.82, 2.24) is 0 Å². The van der Waals surface area contributed by atoms with Gasteiger partial charge in [-0.3, -0.25) is 0 Å². The second kappa shape index (κ2) is 10.2. The quantitative estimate of drug-likeness (QED) is 0.649. The third-order valence-electron chi connectivity index (χ3n) is 4.12. The summed E-state index contributed by atoms with van der Waals surface area (Å²) in [6.45, 7) is 4.43. The number of aliphatic hydroxyl groups is 1. The number of rotatable bonds is 3. The zero-order chi connectivity index (χ0) is 14.8. The van der Waals surface area contributed by atoms with E-state index in [4.69, 9.17) is 0 Å². The van der Waals surface area contributed by atoms with Crippen molar-refractivity contribution in [3.05, 3.63) is 76.9 Å². The summed E-state index contributed by atoms with van der Waals surface area (Å²) in [4.78, 5) is 0. The minimum absolute atomic E-state index is 0. The van der Waals surface area contributed by atoms with E-state index in [1.165, 1.54) is 27.8 Å². The number of hydrogen-bond acceptors (Lipinski definition) is 1.